The number of nitrogens with zero attached hydrogens (tertiary/aromatic N) is 2. The molecule has 0 spiro atoms. The van der Waals surface area contributed by atoms with Crippen LogP contribution >= 0.6 is 15.9 Å². The van der Waals surface area contributed by atoms with Gasteiger partial charge in [0.2, 0.25) is 0 Å². The Labute approximate surface area is 101 Å². The minimum absolute atomic E-state index is 0.157. The molecule has 0 saturated heterocycles. The summed E-state index contributed by atoms with van der Waals surface area (Å²) in [5.74, 6) is -0.423. The van der Waals surface area contributed by atoms with Gasteiger partial charge >= 0.3 is 0 Å². The maximum atomic E-state index is 13.6. The quantitative estimate of drug-likeness (QED) is 0.818. The fourth-order valence-electron chi connectivity index (χ4n) is 1.69. The molecular formula is C11H11BrFN3. The van der Waals surface area contributed by atoms with E-state index in [9.17, 15) is 4.39 Å². The third kappa shape index (κ3) is 1.61. The van der Waals surface area contributed by atoms with E-state index in [1.165, 1.54) is 6.07 Å². The number of rotatable bonds is 1. The summed E-state index contributed by atoms with van der Waals surface area (Å²) in [5.41, 5.74) is 8.33. The highest BCUT2D eigenvalue weighted by Crippen LogP contribution is 2.35. The monoisotopic (exact) mass is 283 g/mol. The summed E-state index contributed by atoms with van der Waals surface area (Å²) in [4.78, 5) is 0. The fourth-order valence-corrected chi connectivity index (χ4v) is 2.09. The van der Waals surface area contributed by atoms with Gasteiger partial charge in [0.25, 0.3) is 0 Å². The SMILES string of the molecule is Cc1c(Br)cc(F)c(N)c1-c1ccnn1C. The highest BCUT2D eigenvalue weighted by molar-refractivity contribution is 9.10. The predicted molar refractivity (Wildman–Crippen MR) is 65.5 cm³/mol. The van der Waals surface area contributed by atoms with Crippen LogP contribution in [-0.2, 0) is 7.05 Å². The van der Waals surface area contributed by atoms with Crippen LogP contribution in [0.3, 0.4) is 0 Å². The van der Waals surface area contributed by atoms with Crippen molar-refractivity contribution in [2.24, 2.45) is 7.05 Å². The number of anilines is 1. The third-order valence-corrected chi connectivity index (χ3v) is 3.41. The van der Waals surface area contributed by atoms with Crippen LogP contribution in [0.15, 0.2) is 22.8 Å². The Morgan fingerprint density at radius 3 is 2.75 bits per heavy atom. The Morgan fingerprint density at radius 2 is 2.19 bits per heavy atom. The largest absolute Gasteiger partial charge is 0.396 e. The molecule has 1 heterocycles. The molecular weight excluding hydrogens is 273 g/mol. The molecule has 16 heavy (non-hydrogen) atoms. The molecule has 2 aromatic rings. The van der Waals surface area contributed by atoms with Gasteiger partial charge in [0.05, 0.1) is 11.4 Å². The summed E-state index contributed by atoms with van der Waals surface area (Å²) in [6, 6.07) is 3.19. The van der Waals surface area contributed by atoms with Gasteiger partial charge in [-0.3, -0.25) is 4.68 Å². The van der Waals surface area contributed by atoms with Crippen LogP contribution in [0.5, 0.6) is 0 Å². The standard InChI is InChI=1S/C11H11BrFN3/c1-6-7(12)5-8(13)11(14)10(6)9-3-4-15-16(9)2/h3-5H,14H2,1-2H3. The van der Waals surface area contributed by atoms with Crippen LogP contribution in [0.1, 0.15) is 5.56 Å². The van der Waals surface area contributed by atoms with Gasteiger partial charge in [-0.1, -0.05) is 15.9 Å². The van der Waals surface area contributed by atoms with E-state index in [4.69, 9.17) is 5.73 Å². The van der Waals surface area contributed by atoms with Crippen molar-refractivity contribution in [2.45, 2.75) is 6.92 Å². The normalized spacial score (nSPS) is 10.8. The Bertz CT molecular complexity index is 522. The predicted octanol–water partition coefficient (Wildman–Crippen LogP) is 2.88. The van der Waals surface area contributed by atoms with Gasteiger partial charge in [-0.15, -0.1) is 0 Å². The lowest BCUT2D eigenvalue weighted by molar-refractivity contribution is 0.631. The molecule has 0 aliphatic heterocycles. The Morgan fingerprint density at radius 1 is 1.50 bits per heavy atom. The molecule has 5 heteroatoms. The van der Waals surface area contributed by atoms with E-state index in [-0.39, 0.29) is 5.69 Å². The van der Waals surface area contributed by atoms with Crippen LogP contribution < -0.4 is 5.73 Å². The molecule has 0 saturated carbocycles. The minimum Gasteiger partial charge on any atom is -0.396 e. The molecule has 0 amide bonds. The van der Waals surface area contributed by atoms with E-state index < -0.39 is 5.82 Å². The minimum atomic E-state index is -0.423. The zero-order valence-corrected chi connectivity index (χ0v) is 10.5. The van der Waals surface area contributed by atoms with Crippen molar-refractivity contribution in [3.63, 3.8) is 0 Å². The molecule has 3 nitrogen and oxygen atoms in total. The Hall–Kier alpha value is -1.36. The first-order chi connectivity index (χ1) is 7.52. The maximum Gasteiger partial charge on any atom is 0.147 e. The molecule has 84 valence electrons. The summed E-state index contributed by atoms with van der Waals surface area (Å²) < 4.78 is 15.9. The lowest BCUT2D eigenvalue weighted by Crippen LogP contribution is -2.02. The number of nitrogens with two attached hydrogens (primary N) is 1. The van der Waals surface area contributed by atoms with Crippen molar-refractivity contribution in [2.75, 3.05) is 5.73 Å². The number of aryl methyl sites for hydroxylation is 1. The van der Waals surface area contributed by atoms with Gasteiger partial charge in [0.1, 0.15) is 5.82 Å². The average molecular weight is 284 g/mol. The smallest absolute Gasteiger partial charge is 0.147 e. The van der Waals surface area contributed by atoms with Crippen LogP contribution in [0.2, 0.25) is 0 Å². The van der Waals surface area contributed by atoms with Gasteiger partial charge in [0.15, 0.2) is 0 Å². The molecule has 1 aromatic carbocycles. The maximum absolute atomic E-state index is 13.6. The van der Waals surface area contributed by atoms with Crippen molar-refractivity contribution < 1.29 is 4.39 Å². The van der Waals surface area contributed by atoms with E-state index in [1.54, 1.807) is 17.9 Å². The highest BCUT2D eigenvalue weighted by Gasteiger charge is 2.16. The average Bonchev–Trinajstić information content (AvgIpc) is 2.63. The van der Waals surface area contributed by atoms with Crippen LogP contribution in [0.4, 0.5) is 10.1 Å². The zero-order valence-electron chi connectivity index (χ0n) is 8.96. The first kappa shape index (κ1) is 11.1. The first-order valence-electron chi connectivity index (χ1n) is 4.75. The van der Waals surface area contributed by atoms with Crippen molar-refractivity contribution in [3.05, 3.63) is 34.2 Å². The lowest BCUT2D eigenvalue weighted by atomic mass is 10.0. The molecule has 0 unspecified atom stereocenters. The lowest BCUT2D eigenvalue weighted by Gasteiger charge is -2.12. The molecule has 1 aromatic heterocycles. The molecule has 2 N–H and O–H groups in total. The molecule has 0 fully saturated rings. The number of hydrogen-bond donors (Lipinski definition) is 1. The van der Waals surface area contributed by atoms with E-state index >= 15 is 0 Å². The van der Waals surface area contributed by atoms with E-state index in [1.807, 2.05) is 13.0 Å². The summed E-state index contributed by atoms with van der Waals surface area (Å²) in [7, 11) is 1.80. The second kappa shape index (κ2) is 3.90. The second-order valence-corrected chi connectivity index (χ2v) is 4.45. The fraction of sp³-hybridized carbons (Fsp3) is 0.182. The highest BCUT2D eigenvalue weighted by atomic mass is 79.9. The summed E-state index contributed by atoms with van der Waals surface area (Å²) in [5, 5.41) is 4.06. The van der Waals surface area contributed by atoms with Gasteiger partial charge < -0.3 is 5.73 Å². The molecule has 0 aliphatic carbocycles. The number of nitrogen functional groups attached to an aromatic ring is 1. The number of hydrogen-bond acceptors (Lipinski definition) is 2. The summed E-state index contributed by atoms with van der Waals surface area (Å²) >= 11 is 3.32. The number of aromatic nitrogens is 2. The Balaban J connectivity index is 2.79. The van der Waals surface area contributed by atoms with Gasteiger partial charge in [-0.2, -0.15) is 5.10 Å². The third-order valence-electron chi connectivity index (χ3n) is 2.59. The van der Waals surface area contributed by atoms with Gasteiger partial charge in [0, 0.05) is 23.3 Å². The molecule has 0 aliphatic rings. The van der Waals surface area contributed by atoms with Gasteiger partial charge in [-0.05, 0) is 24.6 Å². The van der Waals surface area contributed by atoms with Crippen LogP contribution in [-0.4, -0.2) is 9.78 Å². The molecule has 0 atom stereocenters. The van der Waals surface area contributed by atoms with Crippen molar-refractivity contribution >= 4 is 21.6 Å². The topological polar surface area (TPSA) is 43.8 Å². The second-order valence-electron chi connectivity index (χ2n) is 3.59. The molecule has 2 rings (SSSR count). The molecule has 0 radical (unpaired) electrons. The summed E-state index contributed by atoms with van der Waals surface area (Å²) in [6.07, 6.45) is 1.66. The van der Waals surface area contributed by atoms with Gasteiger partial charge in [-0.25, -0.2) is 4.39 Å². The van der Waals surface area contributed by atoms with Crippen molar-refractivity contribution in [3.8, 4) is 11.3 Å². The molecule has 0 bridgehead atoms. The van der Waals surface area contributed by atoms with E-state index in [2.05, 4.69) is 21.0 Å². The van der Waals surface area contributed by atoms with E-state index in [0.717, 1.165) is 11.3 Å². The Kier molecular flexibility index (Phi) is 2.71. The number of halogens is 2. The zero-order chi connectivity index (χ0) is 11.9. The number of benzene rings is 1. The van der Waals surface area contributed by atoms with E-state index in [0.29, 0.717) is 10.0 Å². The van der Waals surface area contributed by atoms with Crippen molar-refractivity contribution in [1.29, 1.82) is 0 Å². The van der Waals surface area contributed by atoms with Crippen LogP contribution in [0, 0.1) is 12.7 Å². The summed E-state index contributed by atoms with van der Waals surface area (Å²) in [6.45, 7) is 1.89. The first-order valence-corrected chi connectivity index (χ1v) is 5.54. The van der Waals surface area contributed by atoms with Crippen LogP contribution in [0.25, 0.3) is 11.3 Å². The van der Waals surface area contributed by atoms with Crippen molar-refractivity contribution in [1.82, 2.24) is 9.78 Å².